The van der Waals surface area contributed by atoms with Crippen molar-refractivity contribution in [3.05, 3.63) is 90.5 Å². The van der Waals surface area contributed by atoms with Gasteiger partial charge in [-0.05, 0) is 59.3 Å². The van der Waals surface area contributed by atoms with Crippen molar-refractivity contribution in [3.8, 4) is 5.75 Å². The highest BCUT2D eigenvalue weighted by molar-refractivity contribution is 7.92. The predicted molar refractivity (Wildman–Crippen MR) is 166 cm³/mol. The lowest BCUT2D eigenvalue weighted by Crippen LogP contribution is -2.14. The van der Waals surface area contributed by atoms with Crippen LogP contribution in [0.5, 0.6) is 5.75 Å². The van der Waals surface area contributed by atoms with Gasteiger partial charge in [-0.1, -0.05) is 36.4 Å². The van der Waals surface area contributed by atoms with Crippen LogP contribution >= 0.6 is 0 Å². The zero-order valence-electron chi connectivity index (χ0n) is 22.9. The standard InChI is InChI=1S/C28H22N4O10S3/c1-43(35,36)32-19-11-9-17(10-12-19)28(34)29-23-15-20(44(37,38)39)13-18-14-24(45(40,41)42)26(27(33)25(18)23)31-30-22-8-4-6-16-5-2-3-7-21(16)22/h2-15,32-33H,1H3,(H,29,34)(H,37,38,39)(H,40,41,42)/b31-30+. The maximum Gasteiger partial charge on any atom is 0.296 e. The van der Waals surface area contributed by atoms with E-state index in [0.29, 0.717) is 5.39 Å². The monoisotopic (exact) mass is 670 g/mol. The van der Waals surface area contributed by atoms with Gasteiger partial charge in [0.15, 0.2) is 5.75 Å². The number of fused-ring (bicyclic) bond motifs is 2. The van der Waals surface area contributed by atoms with Crippen LogP contribution in [0.4, 0.5) is 22.7 Å². The van der Waals surface area contributed by atoms with Crippen molar-refractivity contribution >= 4 is 80.5 Å². The molecular weight excluding hydrogens is 649 g/mol. The number of nitrogens with one attached hydrogen (secondary N) is 2. The lowest BCUT2D eigenvalue weighted by molar-refractivity contribution is 0.102. The maximum atomic E-state index is 13.2. The number of sulfonamides is 1. The first-order valence-electron chi connectivity index (χ1n) is 12.6. The molecule has 0 aromatic heterocycles. The van der Waals surface area contributed by atoms with Crippen molar-refractivity contribution in [1.82, 2.24) is 0 Å². The largest absolute Gasteiger partial charge is 0.505 e. The molecule has 0 aliphatic rings. The number of azo groups is 1. The average molecular weight is 671 g/mol. The maximum absolute atomic E-state index is 13.2. The molecule has 0 saturated carbocycles. The lowest BCUT2D eigenvalue weighted by Gasteiger charge is -2.15. The normalized spacial score (nSPS) is 12.5. The number of phenols is 1. The van der Waals surface area contributed by atoms with Gasteiger partial charge in [-0.2, -0.15) is 16.8 Å². The second kappa shape index (κ2) is 11.5. The number of phenolic OH excluding ortho intramolecular Hbond substituents is 1. The molecule has 14 nitrogen and oxygen atoms in total. The zero-order valence-corrected chi connectivity index (χ0v) is 25.4. The molecule has 0 aliphatic carbocycles. The third-order valence-electron chi connectivity index (χ3n) is 6.42. The fourth-order valence-electron chi connectivity index (χ4n) is 4.50. The van der Waals surface area contributed by atoms with Gasteiger partial charge < -0.3 is 10.4 Å². The van der Waals surface area contributed by atoms with Crippen LogP contribution in [0.2, 0.25) is 0 Å². The third kappa shape index (κ3) is 6.92. The summed E-state index contributed by atoms with van der Waals surface area (Å²) in [5, 5.41) is 22.6. The van der Waals surface area contributed by atoms with Gasteiger partial charge in [0, 0.05) is 22.0 Å². The van der Waals surface area contributed by atoms with Crippen molar-refractivity contribution in [1.29, 1.82) is 0 Å². The number of benzene rings is 5. The van der Waals surface area contributed by atoms with E-state index in [1.54, 1.807) is 30.3 Å². The molecule has 0 spiro atoms. The first kappa shape index (κ1) is 31.5. The minimum absolute atomic E-state index is 0.0237. The highest BCUT2D eigenvalue weighted by atomic mass is 32.2. The Morgan fingerprint density at radius 3 is 2.07 bits per heavy atom. The van der Waals surface area contributed by atoms with E-state index in [-0.39, 0.29) is 33.4 Å². The Hall–Kier alpha value is -4.94. The van der Waals surface area contributed by atoms with Crippen LogP contribution < -0.4 is 10.0 Å². The van der Waals surface area contributed by atoms with E-state index in [1.807, 2.05) is 12.1 Å². The van der Waals surface area contributed by atoms with Gasteiger partial charge >= 0.3 is 0 Å². The van der Waals surface area contributed by atoms with Crippen molar-refractivity contribution in [2.45, 2.75) is 9.79 Å². The SMILES string of the molecule is CS(=O)(=O)Nc1ccc(C(=O)Nc2cc(S(=O)(=O)O)cc3cc(S(=O)(=O)O)c(/N=N/c4cccc5ccccc45)c(O)c23)cc1. The number of nitrogens with zero attached hydrogens (tertiary/aromatic N) is 2. The Bertz CT molecular complexity index is 2370. The van der Waals surface area contributed by atoms with Crippen LogP contribution in [0.3, 0.4) is 0 Å². The minimum atomic E-state index is -5.10. The van der Waals surface area contributed by atoms with Gasteiger partial charge in [0.25, 0.3) is 26.1 Å². The zero-order chi connectivity index (χ0) is 32.7. The summed E-state index contributed by atoms with van der Waals surface area (Å²) >= 11 is 0. The summed E-state index contributed by atoms with van der Waals surface area (Å²) in [4.78, 5) is 11.4. The summed E-state index contributed by atoms with van der Waals surface area (Å²) in [5.74, 6) is -1.75. The molecular formula is C28H22N4O10S3. The van der Waals surface area contributed by atoms with E-state index < -0.39 is 57.4 Å². The molecule has 1 amide bonds. The molecule has 5 aromatic rings. The van der Waals surface area contributed by atoms with E-state index in [1.165, 1.54) is 24.3 Å². The Kier molecular flexibility index (Phi) is 8.06. The summed E-state index contributed by atoms with van der Waals surface area (Å²) in [6.45, 7) is 0. The number of carbonyl (C=O) groups excluding carboxylic acids is 1. The quantitative estimate of drug-likeness (QED) is 0.107. The van der Waals surface area contributed by atoms with Crippen LogP contribution in [-0.2, 0) is 30.3 Å². The number of amides is 1. The van der Waals surface area contributed by atoms with Gasteiger partial charge in [0.2, 0.25) is 10.0 Å². The molecule has 0 atom stereocenters. The molecule has 5 aromatic carbocycles. The fourth-order valence-corrected chi connectivity index (χ4v) is 6.26. The fraction of sp³-hybridized carbons (Fsp3) is 0.0357. The molecule has 0 aliphatic heterocycles. The van der Waals surface area contributed by atoms with Crippen LogP contribution in [0.25, 0.3) is 21.5 Å². The van der Waals surface area contributed by atoms with Crippen LogP contribution in [-0.4, -0.2) is 51.6 Å². The van der Waals surface area contributed by atoms with Crippen molar-refractivity contribution in [2.24, 2.45) is 10.2 Å². The van der Waals surface area contributed by atoms with E-state index >= 15 is 0 Å². The Labute approximate surface area is 256 Å². The summed E-state index contributed by atoms with van der Waals surface area (Å²) < 4.78 is 93.8. The van der Waals surface area contributed by atoms with Gasteiger partial charge in [0.05, 0.1) is 22.5 Å². The van der Waals surface area contributed by atoms with Gasteiger partial charge in [-0.15, -0.1) is 10.2 Å². The van der Waals surface area contributed by atoms with Crippen molar-refractivity contribution in [2.75, 3.05) is 16.3 Å². The highest BCUT2D eigenvalue weighted by Crippen LogP contribution is 2.45. The topological polar surface area (TPSA) is 229 Å². The molecule has 17 heteroatoms. The molecule has 0 unspecified atom stereocenters. The number of aromatic hydroxyl groups is 1. The smallest absolute Gasteiger partial charge is 0.296 e. The summed E-state index contributed by atoms with van der Waals surface area (Å²) in [7, 11) is -13.6. The molecule has 5 rings (SSSR count). The first-order valence-corrected chi connectivity index (χ1v) is 17.4. The first-order chi connectivity index (χ1) is 21.0. The second-order valence-electron chi connectivity index (χ2n) is 9.69. The number of hydrogen-bond donors (Lipinski definition) is 5. The molecule has 0 saturated heterocycles. The molecule has 5 N–H and O–H groups in total. The molecule has 0 fully saturated rings. The van der Waals surface area contributed by atoms with Gasteiger partial charge in [0.1, 0.15) is 10.6 Å². The number of hydrogen-bond acceptors (Lipinski definition) is 10. The summed E-state index contributed by atoms with van der Waals surface area (Å²) in [5.41, 5.74) is -0.680. The third-order valence-corrected chi connectivity index (χ3v) is 8.73. The van der Waals surface area contributed by atoms with Crippen LogP contribution in [0, 0.1) is 0 Å². The number of anilines is 2. The van der Waals surface area contributed by atoms with Crippen LogP contribution in [0.15, 0.2) is 105 Å². The molecule has 0 heterocycles. The van der Waals surface area contributed by atoms with Gasteiger partial charge in [-0.25, -0.2) is 8.42 Å². The highest BCUT2D eigenvalue weighted by Gasteiger charge is 2.26. The Morgan fingerprint density at radius 1 is 0.756 bits per heavy atom. The Morgan fingerprint density at radius 2 is 1.42 bits per heavy atom. The second-order valence-corrected chi connectivity index (χ2v) is 14.3. The molecule has 45 heavy (non-hydrogen) atoms. The van der Waals surface area contributed by atoms with E-state index in [9.17, 15) is 44.3 Å². The minimum Gasteiger partial charge on any atom is -0.505 e. The van der Waals surface area contributed by atoms with Crippen molar-refractivity contribution < 1.29 is 44.3 Å². The summed E-state index contributed by atoms with van der Waals surface area (Å²) in [6, 6.07) is 19.7. The molecule has 232 valence electrons. The lowest BCUT2D eigenvalue weighted by atomic mass is 10.1. The Balaban J connectivity index is 1.68. The van der Waals surface area contributed by atoms with Crippen molar-refractivity contribution in [3.63, 3.8) is 0 Å². The van der Waals surface area contributed by atoms with Gasteiger partial charge in [-0.3, -0.25) is 18.6 Å². The predicted octanol–water partition coefficient (Wildman–Crippen LogP) is 5.23. The van der Waals surface area contributed by atoms with E-state index in [0.717, 1.165) is 29.8 Å². The number of rotatable bonds is 8. The average Bonchev–Trinajstić information content (AvgIpc) is 2.94. The van der Waals surface area contributed by atoms with E-state index in [4.69, 9.17) is 0 Å². The summed E-state index contributed by atoms with van der Waals surface area (Å²) in [6.07, 6.45) is 0.941. The molecule has 0 radical (unpaired) electrons. The number of carbonyl (C=O) groups is 1. The van der Waals surface area contributed by atoms with Crippen LogP contribution in [0.1, 0.15) is 10.4 Å². The molecule has 0 bridgehead atoms. The van der Waals surface area contributed by atoms with E-state index in [2.05, 4.69) is 20.3 Å².